The number of nitrogens with zero attached hydrogens (tertiary/aromatic N) is 5. The molecule has 0 fully saturated rings. The second-order valence-corrected chi connectivity index (χ2v) is 6.69. The first-order chi connectivity index (χ1) is 13.6. The van der Waals surface area contributed by atoms with Gasteiger partial charge in [-0.3, -0.25) is 9.78 Å². The molecule has 0 unspecified atom stereocenters. The molecule has 0 N–H and O–H groups in total. The van der Waals surface area contributed by atoms with E-state index in [1.807, 2.05) is 68.3 Å². The third-order valence-electron chi connectivity index (χ3n) is 4.62. The Morgan fingerprint density at radius 2 is 1.82 bits per heavy atom. The van der Waals surface area contributed by atoms with Gasteiger partial charge in [0.05, 0.1) is 0 Å². The molecule has 0 atom stereocenters. The Morgan fingerprint density at radius 3 is 2.46 bits per heavy atom. The Balaban J connectivity index is 1.68. The molecule has 0 bridgehead atoms. The van der Waals surface area contributed by atoms with Crippen molar-refractivity contribution in [1.29, 1.82) is 0 Å². The standard InChI is InChI=1S/C22H25N5O/c1-4-27(19-7-5-6-17(2)16-19)22(28)20-8-9-21(25-24-20)26(3)15-12-18-10-13-23-14-11-18/h5-11,13-14,16H,4,12,15H2,1-3H3. The zero-order valence-corrected chi connectivity index (χ0v) is 16.5. The van der Waals surface area contributed by atoms with E-state index < -0.39 is 0 Å². The van der Waals surface area contributed by atoms with Crippen LogP contribution in [0, 0.1) is 6.92 Å². The average molecular weight is 375 g/mol. The second kappa shape index (κ2) is 9.08. The topological polar surface area (TPSA) is 62.2 Å². The van der Waals surface area contributed by atoms with Crippen molar-refractivity contribution < 1.29 is 4.79 Å². The molecular weight excluding hydrogens is 350 g/mol. The van der Waals surface area contributed by atoms with Gasteiger partial charge in [0, 0.05) is 38.2 Å². The smallest absolute Gasteiger partial charge is 0.278 e. The summed E-state index contributed by atoms with van der Waals surface area (Å²) in [6.45, 7) is 5.33. The van der Waals surface area contributed by atoms with E-state index in [1.54, 1.807) is 23.4 Å². The normalized spacial score (nSPS) is 10.5. The molecule has 2 heterocycles. The number of aromatic nitrogens is 3. The van der Waals surface area contributed by atoms with Gasteiger partial charge in [-0.1, -0.05) is 12.1 Å². The van der Waals surface area contributed by atoms with E-state index in [1.165, 1.54) is 5.56 Å². The van der Waals surface area contributed by atoms with Gasteiger partial charge in [0.1, 0.15) is 0 Å². The quantitative estimate of drug-likeness (QED) is 0.632. The van der Waals surface area contributed by atoms with Crippen LogP contribution in [0.15, 0.2) is 60.9 Å². The minimum atomic E-state index is -0.147. The van der Waals surface area contributed by atoms with E-state index in [4.69, 9.17) is 0 Å². The Kier molecular flexibility index (Phi) is 6.32. The van der Waals surface area contributed by atoms with Gasteiger partial charge in [0.15, 0.2) is 11.5 Å². The summed E-state index contributed by atoms with van der Waals surface area (Å²) in [7, 11) is 1.97. The number of benzene rings is 1. The first-order valence-corrected chi connectivity index (χ1v) is 9.40. The lowest BCUT2D eigenvalue weighted by atomic mass is 10.2. The van der Waals surface area contributed by atoms with Crippen molar-refractivity contribution in [2.75, 3.05) is 29.9 Å². The minimum Gasteiger partial charge on any atom is -0.358 e. The summed E-state index contributed by atoms with van der Waals surface area (Å²) in [5.41, 5.74) is 3.54. The fourth-order valence-electron chi connectivity index (χ4n) is 2.98. The van der Waals surface area contributed by atoms with Crippen LogP contribution in [0.3, 0.4) is 0 Å². The van der Waals surface area contributed by atoms with Crippen molar-refractivity contribution >= 4 is 17.4 Å². The highest BCUT2D eigenvalue weighted by Gasteiger charge is 2.18. The number of anilines is 2. The van der Waals surface area contributed by atoms with E-state index in [2.05, 4.69) is 15.2 Å². The number of hydrogen-bond donors (Lipinski definition) is 0. The van der Waals surface area contributed by atoms with Gasteiger partial charge in [-0.25, -0.2) is 0 Å². The van der Waals surface area contributed by atoms with Crippen LogP contribution in [0.1, 0.15) is 28.5 Å². The van der Waals surface area contributed by atoms with Crippen molar-refractivity contribution in [2.45, 2.75) is 20.3 Å². The summed E-state index contributed by atoms with van der Waals surface area (Å²) < 4.78 is 0. The third-order valence-corrected chi connectivity index (χ3v) is 4.62. The summed E-state index contributed by atoms with van der Waals surface area (Å²) in [6, 6.07) is 15.5. The van der Waals surface area contributed by atoms with Gasteiger partial charge in [-0.2, -0.15) is 0 Å². The highest BCUT2D eigenvalue weighted by molar-refractivity contribution is 6.04. The highest BCUT2D eigenvalue weighted by atomic mass is 16.2. The molecule has 1 amide bonds. The minimum absolute atomic E-state index is 0.147. The largest absolute Gasteiger partial charge is 0.358 e. The maximum atomic E-state index is 12.9. The molecule has 3 aromatic rings. The number of rotatable bonds is 7. The van der Waals surface area contributed by atoms with Gasteiger partial charge < -0.3 is 9.80 Å². The Hall–Kier alpha value is -3.28. The highest BCUT2D eigenvalue weighted by Crippen LogP contribution is 2.18. The SMILES string of the molecule is CCN(C(=O)c1ccc(N(C)CCc2ccncc2)nn1)c1cccc(C)c1. The van der Waals surface area contributed by atoms with Crippen LogP contribution in [-0.2, 0) is 6.42 Å². The molecular formula is C22H25N5O. The number of pyridine rings is 1. The molecule has 6 nitrogen and oxygen atoms in total. The van der Waals surface area contributed by atoms with Gasteiger partial charge in [0.25, 0.3) is 5.91 Å². The summed E-state index contributed by atoms with van der Waals surface area (Å²) in [5.74, 6) is 0.593. The van der Waals surface area contributed by atoms with Gasteiger partial charge >= 0.3 is 0 Å². The molecule has 144 valence electrons. The number of hydrogen-bond acceptors (Lipinski definition) is 5. The Morgan fingerprint density at radius 1 is 1.04 bits per heavy atom. The van der Waals surface area contributed by atoms with Crippen molar-refractivity contribution in [2.24, 2.45) is 0 Å². The lowest BCUT2D eigenvalue weighted by molar-refractivity contribution is 0.0982. The van der Waals surface area contributed by atoms with Crippen molar-refractivity contribution in [3.63, 3.8) is 0 Å². The first-order valence-electron chi connectivity index (χ1n) is 9.40. The molecule has 0 aliphatic heterocycles. The van der Waals surface area contributed by atoms with E-state index in [9.17, 15) is 4.79 Å². The molecule has 0 spiro atoms. The zero-order chi connectivity index (χ0) is 19.9. The number of aryl methyl sites for hydroxylation is 1. The van der Waals surface area contributed by atoms with Crippen LogP contribution in [-0.4, -0.2) is 41.2 Å². The van der Waals surface area contributed by atoms with Crippen LogP contribution in [0.5, 0.6) is 0 Å². The number of carbonyl (C=O) groups excluding carboxylic acids is 1. The van der Waals surface area contributed by atoms with Crippen molar-refractivity contribution in [1.82, 2.24) is 15.2 Å². The fraction of sp³-hybridized carbons (Fsp3) is 0.273. The van der Waals surface area contributed by atoms with Crippen LogP contribution >= 0.6 is 0 Å². The second-order valence-electron chi connectivity index (χ2n) is 6.69. The molecule has 6 heteroatoms. The average Bonchev–Trinajstić information content (AvgIpc) is 2.73. The lowest BCUT2D eigenvalue weighted by Crippen LogP contribution is -2.31. The van der Waals surface area contributed by atoms with Gasteiger partial charge in [-0.05, 0) is 67.8 Å². The van der Waals surface area contributed by atoms with Gasteiger partial charge in [-0.15, -0.1) is 10.2 Å². The van der Waals surface area contributed by atoms with E-state index in [0.717, 1.165) is 30.0 Å². The predicted molar refractivity (Wildman–Crippen MR) is 112 cm³/mol. The monoisotopic (exact) mass is 375 g/mol. The van der Waals surface area contributed by atoms with Crippen LogP contribution in [0.25, 0.3) is 0 Å². The fourth-order valence-corrected chi connectivity index (χ4v) is 2.98. The Labute approximate surface area is 165 Å². The number of amides is 1. The molecule has 2 aromatic heterocycles. The molecule has 0 radical (unpaired) electrons. The Bertz CT molecular complexity index is 912. The third kappa shape index (κ3) is 4.71. The van der Waals surface area contributed by atoms with Gasteiger partial charge in [0.2, 0.25) is 0 Å². The number of carbonyl (C=O) groups is 1. The molecule has 0 saturated carbocycles. The molecule has 28 heavy (non-hydrogen) atoms. The summed E-state index contributed by atoms with van der Waals surface area (Å²) in [4.78, 5) is 20.7. The summed E-state index contributed by atoms with van der Waals surface area (Å²) in [5, 5.41) is 8.43. The molecule has 0 aliphatic rings. The zero-order valence-electron chi connectivity index (χ0n) is 16.5. The molecule has 3 rings (SSSR count). The molecule has 0 aliphatic carbocycles. The van der Waals surface area contributed by atoms with Crippen LogP contribution < -0.4 is 9.80 Å². The maximum absolute atomic E-state index is 12.9. The molecule has 0 saturated heterocycles. The van der Waals surface area contributed by atoms with E-state index >= 15 is 0 Å². The van der Waals surface area contributed by atoms with E-state index in [0.29, 0.717) is 12.2 Å². The van der Waals surface area contributed by atoms with Crippen molar-refractivity contribution in [3.05, 3.63) is 77.7 Å². The maximum Gasteiger partial charge on any atom is 0.278 e. The van der Waals surface area contributed by atoms with Crippen molar-refractivity contribution in [3.8, 4) is 0 Å². The van der Waals surface area contributed by atoms with E-state index in [-0.39, 0.29) is 5.91 Å². The number of likely N-dealkylation sites (N-methyl/N-ethyl adjacent to an activating group) is 1. The summed E-state index contributed by atoms with van der Waals surface area (Å²) in [6.07, 6.45) is 4.48. The molecule has 1 aromatic carbocycles. The predicted octanol–water partition coefficient (Wildman–Crippen LogP) is 3.53. The van der Waals surface area contributed by atoms with Crippen LogP contribution in [0.2, 0.25) is 0 Å². The first kappa shape index (κ1) is 19.5. The van der Waals surface area contributed by atoms with Crippen LogP contribution in [0.4, 0.5) is 11.5 Å². The summed E-state index contributed by atoms with van der Waals surface area (Å²) >= 11 is 0. The lowest BCUT2D eigenvalue weighted by Gasteiger charge is -2.21.